The summed E-state index contributed by atoms with van der Waals surface area (Å²) < 4.78 is 5.11. The number of methoxy groups -OCH3 is 1. The monoisotopic (exact) mass is 263 g/mol. The Kier molecular flexibility index (Phi) is 4.40. The Morgan fingerprint density at radius 3 is 2.89 bits per heavy atom. The lowest BCUT2D eigenvalue weighted by Gasteiger charge is -2.35. The van der Waals surface area contributed by atoms with Crippen molar-refractivity contribution < 1.29 is 4.74 Å². The molecule has 1 unspecified atom stereocenters. The van der Waals surface area contributed by atoms with Gasteiger partial charge in [-0.2, -0.15) is 0 Å². The fourth-order valence-electron chi connectivity index (χ4n) is 2.93. The summed E-state index contributed by atoms with van der Waals surface area (Å²) in [6, 6.07) is 2.54. The lowest BCUT2D eigenvalue weighted by Crippen LogP contribution is -2.32. The first kappa shape index (κ1) is 14.3. The third kappa shape index (κ3) is 4.16. The van der Waals surface area contributed by atoms with E-state index in [1.54, 1.807) is 7.11 Å². The minimum absolute atomic E-state index is 0.438. The molecule has 4 nitrogen and oxygen atoms in total. The number of hydrogen-bond acceptors (Lipinski definition) is 4. The van der Waals surface area contributed by atoms with Gasteiger partial charge in [0.2, 0.25) is 0 Å². The van der Waals surface area contributed by atoms with Crippen LogP contribution in [-0.2, 0) is 11.3 Å². The van der Waals surface area contributed by atoms with Crippen LogP contribution in [0.25, 0.3) is 0 Å². The van der Waals surface area contributed by atoms with E-state index in [4.69, 9.17) is 4.74 Å². The molecule has 1 aromatic rings. The number of nitrogens with one attached hydrogen (secondary N) is 1. The molecule has 1 atom stereocenters. The highest BCUT2D eigenvalue weighted by Crippen LogP contribution is 2.36. The summed E-state index contributed by atoms with van der Waals surface area (Å²) in [5, 5.41) is 3.57. The predicted octanol–water partition coefficient (Wildman–Crippen LogP) is 3.31. The molecule has 0 aromatic carbocycles. The van der Waals surface area contributed by atoms with E-state index in [-0.39, 0.29) is 0 Å². The Balaban J connectivity index is 2.06. The lowest BCUT2D eigenvalue weighted by atomic mass is 9.75. The van der Waals surface area contributed by atoms with Gasteiger partial charge >= 0.3 is 0 Å². The molecule has 106 valence electrons. The minimum Gasteiger partial charge on any atom is -0.377 e. The van der Waals surface area contributed by atoms with Gasteiger partial charge in [-0.05, 0) is 31.6 Å². The molecule has 0 spiro atoms. The summed E-state index contributed by atoms with van der Waals surface area (Å²) in [5.74, 6) is 1.68. The second-order valence-electron chi connectivity index (χ2n) is 6.35. The Bertz CT molecular complexity index is 431. The van der Waals surface area contributed by atoms with Crippen molar-refractivity contribution in [3.05, 3.63) is 17.6 Å². The van der Waals surface area contributed by atoms with E-state index in [1.807, 2.05) is 13.0 Å². The van der Waals surface area contributed by atoms with Gasteiger partial charge in [-0.1, -0.05) is 20.3 Å². The topological polar surface area (TPSA) is 47.0 Å². The average Bonchev–Trinajstić information content (AvgIpc) is 2.26. The summed E-state index contributed by atoms with van der Waals surface area (Å²) in [5.41, 5.74) is 1.42. The van der Waals surface area contributed by atoms with Gasteiger partial charge in [-0.3, -0.25) is 0 Å². The first-order chi connectivity index (χ1) is 8.98. The van der Waals surface area contributed by atoms with Crippen molar-refractivity contribution in [3.63, 3.8) is 0 Å². The molecule has 2 rings (SSSR count). The zero-order valence-corrected chi connectivity index (χ0v) is 12.5. The SMILES string of the molecule is COCc1nc(C)cc(NC2CCCC(C)(C)C2)n1. The van der Waals surface area contributed by atoms with Crippen LogP contribution in [0.2, 0.25) is 0 Å². The fraction of sp³-hybridized carbons (Fsp3) is 0.733. The molecule has 0 radical (unpaired) electrons. The van der Waals surface area contributed by atoms with E-state index in [9.17, 15) is 0 Å². The first-order valence-corrected chi connectivity index (χ1v) is 7.08. The number of ether oxygens (including phenoxy) is 1. The van der Waals surface area contributed by atoms with Crippen LogP contribution < -0.4 is 5.32 Å². The number of anilines is 1. The summed E-state index contributed by atoms with van der Waals surface area (Å²) in [6.07, 6.45) is 5.05. The van der Waals surface area contributed by atoms with E-state index in [0.29, 0.717) is 18.1 Å². The third-order valence-electron chi connectivity index (χ3n) is 3.73. The van der Waals surface area contributed by atoms with E-state index < -0.39 is 0 Å². The first-order valence-electron chi connectivity index (χ1n) is 7.08. The molecule has 1 saturated carbocycles. The van der Waals surface area contributed by atoms with Crippen LogP contribution in [0.1, 0.15) is 51.0 Å². The predicted molar refractivity (Wildman–Crippen MR) is 77.1 cm³/mol. The Labute approximate surface area is 116 Å². The second-order valence-corrected chi connectivity index (χ2v) is 6.35. The zero-order valence-electron chi connectivity index (χ0n) is 12.5. The van der Waals surface area contributed by atoms with E-state index in [2.05, 4.69) is 29.1 Å². The minimum atomic E-state index is 0.438. The lowest BCUT2D eigenvalue weighted by molar-refractivity contribution is 0.177. The number of hydrogen-bond donors (Lipinski definition) is 1. The van der Waals surface area contributed by atoms with Crippen LogP contribution >= 0.6 is 0 Å². The van der Waals surface area contributed by atoms with Gasteiger partial charge in [0, 0.05) is 24.9 Å². The summed E-state index contributed by atoms with van der Waals surface area (Å²) in [4.78, 5) is 8.89. The van der Waals surface area contributed by atoms with Crippen molar-refractivity contribution in [3.8, 4) is 0 Å². The van der Waals surface area contributed by atoms with Crippen LogP contribution in [0.15, 0.2) is 6.07 Å². The summed E-state index contributed by atoms with van der Waals surface area (Å²) in [7, 11) is 1.67. The van der Waals surface area contributed by atoms with Crippen molar-refractivity contribution >= 4 is 5.82 Å². The van der Waals surface area contributed by atoms with Crippen molar-refractivity contribution in [1.29, 1.82) is 0 Å². The maximum Gasteiger partial charge on any atom is 0.156 e. The molecule has 0 bridgehead atoms. The quantitative estimate of drug-likeness (QED) is 0.905. The van der Waals surface area contributed by atoms with Crippen molar-refractivity contribution in [2.45, 2.75) is 59.1 Å². The molecule has 1 aliphatic rings. The van der Waals surface area contributed by atoms with Gasteiger partial charge in [-0.15, -0.1) is 0 Å². The highest BCUT2D eigenvalue weighted by molar-refractivity contribution is 5.37. The van der Waals surface area contributed by atoms with Gasteiger partial charge < -0.3 is 10.1 Å². The molecular weight excluding hydrogens is 238 g/mol. The number of aromatic nitrogens is 2. The maximum absolute atomic E-state index is 5.11. The molecule has 19 heavy (non-hydrogen) atoms. The van der Waals surface area contributed by atoms with Crippen LogP contribution in [0.5, 0.6) is 0 Å². The van der Waals surface area contributed by atoms with Crippen molar-refractivity contribution in [2.75, 3.05) is 12.4 Å². The third-order valence-corrected chi connectivity index (χ3v) is 3.73. The number of aryl methyl sites for hydroxylation is 1. The number of nitrogens with zero attached hydrogens (tertiary/aromatic N) is 2. The zero-order chi connectivity index (χ0) is 13.9. The fourth-order valence-corrected chi connectivity index (χ4v) is 2.93. The normalized spacial score (nSPS) is 22.2. The van der Waals surface area contributed by atoms with Crippen LogP contribution in [0.3, 0.4) is 0 Å². The molecule has 4 heteroatoms. The highest BCUT2D eigenvalue weighted by atomic mass is 16.5. The molecule has 0 amide bonds. The molecule has 1 aromatic heterocycles. The highest BCUT2D eigenvalue weighted by Gasteiger charge is 2.28. The van der Waals surface area contributed by atoms with Crippen LogP contribution in [0, 0.1) is 12.3 Å². The number of rotatable bonds is 4. The van der Waals surface area contributed by atoms with Crippen LogP contribution in [-0.4, -0.2) is 23.1 Å². The van der Waals surface area contributed by atoms with Gasteiger partial charge in [0.05, 0.1) is 0 Å². The maximum atomic E-state index is 5.11. The molecule has 0 aliphatic heterocycles. The largest absolute Gasteiger partial charge is 0.377 e. The second kappa shape index (κ2) is 5.87. The van der Waals surface area contributed by atoms with E-state index >= 15 is 0 Å². The molecule has 0 saturated heterocycles. The average molecular weight is 263 g/mol. The molecule has 1 N–H and O–H groups in total. The van der Waals surface area contributed by atoms with Gasteiger partial charge in [0.25, 0.3) is 0 Å². The smallest absolute Gasteiger partial charge is 0.156 e. The Hall–Kier alpha value is -1.16. The van der Waals surface area contributed by atoms with Crippen LogP contribution in [0.4, 0.5) is 5.82 Å². The van der Waals surface area contributed by atoms with Gasteiger partial charge in [0.1, 0.15) is 12.4 Å². The molecule has 1 fully saturated rings. The van der Waals surface area contributed by atoms with Crippen molar-refractivity contribution in [1.82, 2.24) is 9.97 Å². The van der Waals surface area contributed by atoms with Gasteiger partial charge in [0.15, 0.2) is 5.82 Å². The standard InChI is InChI=1S/C15H25N3O/c1-11-8-13(18-14(16-11)10-19-4)17-12-6-5-7-15(2,3)9-12/h8,12H,5-7,9-10H2,1-4H3,(H,16,17,18). The molecule has 1 aliphatic carbocycles. The molecular formula is C15H25N3O. The van der Waals surface area contributed by atoms with E-state index in [0.717, 1.165) is 17.3 Å². The summed E-state index contributed by atoms with van der Waals surface area (Å²) in [6.45, 7) is 7.16. The molecule has 1 heterocycles. The van der Waals surface area contributed by atoms with Gasteiger partial charge in [-0.25, -0.2) is 9.97 Å². The Morgan fingerprint density at radius 1 is 1.42 bits per heavy atom. The van der Waals surface area contributed by atoms with E-state index in [1.165, 1.54) is 25.7 Å². The van der Waals surface area contributed by atoms with Crippen molar-refractivity contribution in [2.24, 2.45) is 5.41 Å². The summed E-state index contributed by atoms with van der Waals surface area (Å²) >= 11 is 0. The Morgan fingerprint density at radius 2 is 2.21 bits per heavy atom.